The van der Waals surface area contributed by atoms with Gasteiger partial charge in [0.05, 0.1) is 43.4 Å². The first kappa shape index (κ1) is 22.2. The number of hydrogen-bond acceptors (Lipinski definition) is 7. The van der Waals surface area contributed by atoms with Crippen LogP contribution < -0.4 is 10.1 Å². The van der Waals surface area contributed by atoms with Gasteiger partial charge in [0, 0.05) is 30.7 Å². The average Bonchev–Trinajstić information content (AvgIpc) is 3.28. The van der Waals surface area contributed by atoms with Gasteiger partial charge in [-0.2, -0.15) is 5.10 Å². The number of nitrogens with one attached hydrogen (secondary N) is 2. The SMILES string of the molecule is C=N/C=C(\C=C(/C)c1ccc2[nH]nc(C(=O)Nc3ccc(OC)nc3)c2c1)N1CCOCC1. The molecule has 0 aliphatic carbocycles. The summed E-state index contributed by atoms with van der Waals surface area (Å²) in [4.78, 5) is 23.2. The van der Waals surface area contributed by atoms with Crippen LogP contribution in [0.25, 0.3) is 16.5 Å². The first-order valence-corrected chi connectivity index (χ1v) is 10.6. The number of morpholine rings is 1. The molecule has 1 fully saturated rings. The quantitative estimate of drug-likeness (QED) is 0.425. The largest absolute Gasteiger partial charge is 0.481 e. The van der Waals surface area contributed by atoms with E-state index in [9.17, 15) is 4.79 Å². The summed E-state index contributed by atoms with van der Waals surface area (Å²) >= 11 is 0. The minimum atomic E-state index is -0.322. The number of benzene rings is 1. The topological polar surface area (TPSA) is 105 Å². The summed E-state index contributed by atoms with van der Waals surface area (Å²) in [7, 11) is 1.54. The molecule has 2 aromatic heterocycles. The van der Waals surface area contributed by atoms with E-state index in [1.165, 1.54) is 13.3 Å². The number of fused-ring (bicyclic) bond motifs is 1. The molecule has 3 aromatic rings. The van der Waals surface area contributed by atoms with Crippen molar-refractivity contribution in [3.8, 4) is 5.88 Å². The molecule has 0 spiro atoms. The molecule has 0 radical (unpaired) electrons. The molecule has 9 heteroatoms. The van der Waals surface area contributed by atoms with E-state index in [1.54, 1.807) is 18.3 Å². The molecule has 1 aromatic carbocycles. The van der Waals surface area contributed by atoms with E-state index in [0.29, 0.717) is 30.5 Å². The molecule has 1 amide bonds. The number of aromatic nitrogens is 3. The van der Waals surface area contributed by atoms with Crippen molar-refractivity contribution in [2.45, 2.75) is 6.92 Å². The molecule has 33 heavy (non-hydrogen) atoms. The molecule has 4 rings (SSSR count). The predicted molar refractivity (Wildman–Crippen MR) is 129 cm³/mol. The highest BCUT2D eigenvalue weighted by atomic mass is 16.5. The second kappa shape index (κ2) is 10.1. The number of pyridine rings is 1. The van der Waals surface area contributed by atoms with Gasteiger partial charge in [0.15, 0.2) is 5.69 Å². The first-order chi connectivity index (χ1) is 16.1. The van der Waals surface area contributed by atoms with Crippen molar-refractivity contribution in [2.24, 2.45) is 4.99 Å². The average molecular weight is 447 g/mol. The van der Waals surface area contributed by atoms with E-state index >= 15 is 0 Å². The van der Waals surface area contributed by atoms with Crippen molar-refractivity contribution in [1.82, 2.24) is 20.1 Å². The molecule has 2 N–H and O–H groups in total. The fraction of sp³-hybridized carbons (Fsp3) is 0.250. The van der Waals surface area contributed by atoms with Crippen LogP contribution in [-0.2, 0) is 4.74 Å². The van der Waals surface area contributed by atoms with Crippen molar-refractivity contribution in [2.75, 3.05) is 38.7 Å². The zero-order valence-corrected chi connectivity index (χ0v) is 18.7. The lowest BCUT2D eigenvalue weighted by Crippen LogP contribution is -2.35. The highest BCUT2D eigenvalue weighted by Gasteiger charge is 2.16. The summed E-state index contributed by atoms with van der Waals surface area (Å²) in [5.41, 5.74) is 4.63. The van der Waals surface area contributed by atoms with Gasteiger partial charge in [0.25, 0.3) is 5.91 Å². The Hall–Kier alpha value is -3.98. The summed E-state index contributed by atoms with van der Waals surface area (Å²) in [6, 6.07) is 9.29. The lowest BCUT2D eigenvalue weighted by atomic mass is 10.0. The first-order valence-electron chi connectivity index (χ1n) is 10.6. The number of allylic oxidation sites excluding steroid dienone is 2. The number of H-pyrrole nitrogens is 1. The molecule has 1 saturated heterocycles. The van der Waals surface area contributed by atoms with Gasteiger partial charge in [-0.1, -0.05) is 6.07 Å². The summed E-state index contributed by atoms with van der Waals surface area (Å²) in [5.74, 6) is 0.152. The molecule has 1 aliphatic heterocycles. The van der Waals surface area contributed by atoms with Crippen molar-refractivity contribution in [3.63, 3.8) is 0 Å². The Morgan fingerprint density at radius 3 is 2.82 bits per heavy atom. The number of carbonyl (C=O) groups is 1. The summed E-state index contributed by atoms with van der Waals surface area (Å²) in [6.07, 6.45) is 5.37. The lowest BCUT2D eigenvalue weighted by molar-refractivity contribution is 0.0553. The van der Waals surface area contributed by atoms with Gasteiger partial charge >= 0.3 is 0 Å². The van der Waals surface area contributed by atoms with Crippen molar-refractivity contribution < 1.29 is 14.3 Å². The van der Waals surface area contributed by atoms with Gasteiger partial charge < -0.3 is 19.7 Å². The Balaban J connectivity index is 1.59. The number of carbonyl (C=O) groups excluding carboxylic acids is 1. The normalized spacial score (nSPS) is 14.9. The monoisotopic (exact) mass is 446 g/mol. The smallest absolute Gasteiger partial charge is 0.276 e. The molecule has 170 valence electrons. The third kappa shape index (κ3) is 5.09. The number of aromatic amines is 1. The second-order valence-electron chi connectivity index (χ2n) is 7.54. The summed E-state index contributed by atoms with van der Waals surface area (Å²) in [5, 5.41) is 10.7. The number of rotatable bonds is 7. The molecule has 1 aliphatic rings. The summed E-state index contributed by atoms with van der Waals surface area (Å²) in [6.45, 7) is 8.61. The maximum Gasteiger partial charge on any atom is 0.276 e. The Bertz CT molecular complexity index is 1210. The molecule has 0 atom stereocenters. The molecule has 9 nitrogen and oxygen atoms in total. The highest BCUT2D eigenvalue weighted by Crippen LogP contribution is 2.25. The van der Waals surface area contributed by atoms with Crippen LogP contribution in [0.5, 0.6) is 5.88 Å². The Kier molecular flexibility index (Phi) is 6.80. The summed E-state index contributed by atoms with van der Waals surface area (Å²) < 4.78 is 10.5. The van der Waals surface area contributed by atoms with Crippen molar-refractivity contribution in [3.05, 3.63) is 65.8 Å². The predicted octanol–water partition coefficient (Wildman–Crippen LogP) is 3.50. The minimum Gasteiger partial charge on any atom is -0.481 e. The molecule has 0 saturated carbocycles. The van der Waals surface area contributed by atoms with Crippen LogP contribution in [0.2, 0.25) is 0 Å². The van der Waals surface area contributed by atoms with Crippen LogP contribution in [0.15, 0.2) is 59.5 Å². The van der Waals surface area contributed by atoms with Crippen LogP contribution in [0.1, 0.15) is 23.0 Å². The van der Waals surface area contributed by atoms with E-state index in [1.807, 2.05) is 25.1 Å². The highest BCUT2D eigenvalue weighted by molar-refractivity contribution is 6.11. The maximum absolute atomic E-state index is 12.9. The van der Waals surface area contributed by atoms with Crippen LogP contribution in [-0.4, -0.2) is 66.1 Å². The van der Waals surface area contributed by atoms with Crippen LogP contribution >= 0.6 is 0 Å². The number of hydrogen-bond donors (Lipinski definition) is 2. The standard InChI is InChI=1S/C24H26N6O3/c1-16(12-19(15-25-2)30-8-10-33-11-9-30)17-4-6-21-20(13-17)23(29-28-21)24(31)27-18-5-7-22(32-3)26-14-18/h4-7,12-15H,2,8-11H2,1,3H3,(H,27,31)(H,28,29)/b16-12+,19-15+. The Labute approximate surface area is 191 Å². The number of ether oxygens (including phenoxy) is 2. The van der Waals surface area contributed by atoms with E-state index in [0.717, 1.165) is 40.8 Å². The second-order valence-corrected chi connectivity index (χ2v) is 7.54. The molecule has 0 bridgehead atoms. The van der Waals surface area contributed by atoms with E-state index < -0.39 is 0 Å². The fourth-order valence-corrected chi connectivity index (χ4v) is 3.63. The Morgan fingerprint density at radius 2 is 2.12 bits per heavy atom. The van der Waals surface area contributed by atoms with Crippen molar-refractivity contribution in [1.29, 1.82) is 0 Å². The molecule has 3 heterocycles. The number of aliphatic imine (C=N–C) groups is 1. The van der Waals surface area contributed by atoms with Gasteiger partial charge in [0.2, 0.25) is 5.88 Å². The zero-order chi connectivity index (χ0) is 23.2. The van der Waals surface area contributed by atoms with Gasteiger partial charge in [0.1, 0.15) is 0 Å². The van der Waals surface area contributed by atoms with Gasteiger partial charge in [-0.25, -0.2) is 4.98 Å². The number of anilines is 1. The third-order valence-electron chi connectivity index (χ3n) is 5.40. The number of amides is 1. The maximum atomic E-state index is 12.9. The molecular weight excluding hydrogens is 420 g/mol. The van der Waals surface area contributed by atoms with Crippen LogP contribution in [0, 0.1) is 0 Å². The number of nitrogens with zero attached hydrogens (tertiary/aromatic N) is 4. The van der Waals surface area contributed by atoms with Crippen LogP contribution in [0.3, 0.4) is 0 Å². The van der Waals surface area contributed by atoms with Gasteiger partial charge in [-0.15, -0.1) is 0 Å². The van der Waals surface area contributed by atoms with E-state index in [-0.39, 0.29) is 5.91 Å². The minimum absolute atomic E-state index is 0.312. The number of methoxy groups -OCH3 is 1. The van der Waals surface area contributed by atoms with Gasteiger partial charge in [-0.05, 0) is 49.1 Å². The zero-order valence-electron chi connectivity index (χ0n) is 18.7. The van der Waals surface area contributed by atoms with Crippen molar-refractivity contribution >= 4 is 34.8 Å². The van der Waals surface area contributed by atoms with Gasteiger partial charge in [-0.3, -0.25) is 14.9 Å². The van der Waals surface area contributed by atoms with E-state index in [2.05, 4.69) is 43.2 Å². The Morgan fingerprint density at radius 1 is 1.30 bits per heavy atom. The molecule has 0 unspecified atom stereocenters. The lowest BCUT2D eigenvalue weighted by Gasteiger charge is -2.29. The third-order valence-corrected chi connectivity index (χ3v) is 5.40. The van der Waals surface area contributed by atoms with Crippen LogP contribution in [0.4, 0.5) is 5.69 Å². The van der Waals surface area contributed by atoms with E-state index in [4.69, 9.17) is 9.47 Å². The molecular formula is C24H26N6O3. The fourth-order valence-electron chi connectivity index (χ4n) is 3.63.